The highest BCUT2D eigenvalue weighted by Crippen LogP contribution is 2.25. The van der Waals surface area contributed by atoms with Crippen molar-refractivity contribution in [2.45, 2.75) is 45.8 Å². The number of carbonyl (C=O) groups is 2. The standard InChI is InChI=1S/C16H23NO4/c1-4-16(5-2,14(18)19)17(6-3)15(20)21-12-13-10-8-7-9-11-13/h7-11H,4-6,12H2,1-3H3,(H,18,19). The van der Waals surface area contributed by atoms with E-state index in [0.717, 1.165) is 5.56 Å². The number of nitrogens with zero attached hydrogens (tertiary/aromatic N) is 1. The Morgan fingerprint density at radius 2 is 1.71 bits per heavy atom. The third-order valence-corrected chi connectivity index (χ3v) is 3.83. The maximum atomic E-state index is 12.3. The monoisotopic (exact) mass is 293 g/mol. The van der Waals surface area contributed by atoms with Gasteiger partial charge >= 0.3 is 12.1 Å². The molecule has 0 aliphatic carbocycles. The first-order valence-electron chi connectivity index (χ1n) is 7.23. The Kier molecular flexibility index (Phi) is 6.21. The smallest absolute Gasteiger partial charge is 0.411 e. The van der Waals surface area contributed by atoms with E-state index >= 15 is 0 Å². The van der Waals surface area contributed by atoms with Gasteiger partial charge in [0.05, 0.1) is 0 Å². The van der Waals surface area contributed by atoms with Crippen molar-refractivity contribution in [3.8, 4) is 0 Å². The van der Waals surface area contributed by atoms with E-state index in [1.165, 1.54) is 4.90 Å². The van der Waals surface area contributed by atoms with Crippen LogP contribution in [0.4, 0.5) is 4.79 Å². The van der Waals surface area contributed by atoms with Gasteiger partial charge in [-0.1, -0.05) is 44.2 Å². The lowest BCUT2D eigenvalue weighted by Crippen LogP contribution is -2.56. The van der Waals surface area contributed by atoms with Crippen molar-refractivity contribution in [3.63, 3.8) is 0 Å². The Hall–Kier alpha value is -2.04. The zero-order chi connectivity index (χ0) is 15.9. The predicted octanol–water partition coefficient (Wildman–Crippen LogP) is 3.29. The molecule has 0 aliphatic heterocycles. The van der Waals surface area contributed by atoms with Crippen LogP contribution in [0.2, 0.25) is 0 Å². The first-order valence-corrected chi connectivity index (χ1v) is 7.23. The Bertz CT molecular complexity index is 468. The number of likely N-dealkylation sites (N-methyl/N-ethyl adjacent to an activating group) is 1. The van der Waals surface area contributed by atoms with Crippen molar-refractivity contribution in [2.75, 3.05) is 6.54 Å². The van der Waals surface area contributed by atoms with Crippen LogP contribution >= 0.6 is 0 Å². The Labute approximate surface area is 125 Å². The second-order valence-corrected chi connectivity index (χ2v) is 4.83. The highest BCUT2D eigenvalue weighted by molar-refractivity contribution is 5.84. The highest BCUT2D eigenvalue weighted by atomic mass is 16.6. The van der Waals surface area contributed by atoms with Crippen molar-refractivity contribution < 1.29 is 19.4 Å². The summed E-state index contributed by atoms with van der Waals surface area (Å²) in [4.78, 5) is 25.2. The summed E-state index contributed by atoms with van der Waals surface area (Å²) in [6.07, 6.45) is 0.0905. The molecule has 0 aliphatic rings. The number of carboxylic acid groups (broad SMARTS) is 1. The zero-order valence-electron chi connectivity index (χ0n) is 12.8. The predicted molar refractivity (Wildman–Crippen MR) is 80.0 cm³/mol. The van der Waals surface area contributed by atoms with Crippen LogP contribution in [0.25, 0.3) is 0 Å². The molecule has 1 aromatic rings. The lowest BCUT2D eigenvalue weighted by molar-refractivity contribution is -0.151. The van der Waals surface area contributed by atoms with E-state index < -0.39 is 17.6 Å². The maximum absolute atomic E-state index is 12.3. The van der Waals surface area contributed by atoms with Crippen LogP contribution in [0, 0.1) is 0 Å². The summed E-state index contributed by atoms with van der Waals surface area (Å²) in [7, 11) is 0. The molecule has 1 N–H and O–H groups in total. The van der Waals surface area contributed by atoms with E-state index in [2.05, 4.69) is 0 Å². The number of benzene rings is 1. The summed E-state index contributed by atoms with van der Waals surface area (Å²) in [6, 6.07) is 9.31. The second kappa shape index (κ2) is 7.67. The van der Waals surface area contributed by atoms with Crippen LogP contribution < -0.4 is 0 Å². The lowest BCUT2D eigenvalue weighted by atomic mass is 9.91. The maximum Gasteiger partial charge on any atom is 0.411 e. The molecule has 0 spiro atoms. The summed E-state index contributed by atoms with van der Waals surface area (Å²) < 4.78 is 5.26. The molecule has 0 saturated carbocycles. The normalized spacial score (nSPS) is 11.0. The average Bonchev–Trinajstić information content (AvgIpc) is 2.51. The molecule has 1 rings (SSSR count). The largest absolute Gasteiger partial charge is 0.479 e. The first kappa shape index (κ1) is 17.0. The van der Waals surface area contributed by atoms with Crippen LogP contribution in [0.3, 0.4) is 0 Å². The summed E-state index contributed by atoms with van der Waals surface area (Å²) >= 11 is 0. The Morgan fingerprint density at radius 1 is 1.14 bits per heavy atom. The van der Waals surface area contributed by atoms with Gasteiger partial charge in [-0.3, -0.25) is 4.90 Å². The fraction of sp³-hybridized carbons (Fsp3) is 0.500. The molecule has 0 fully saturated rings. The molecule has 0 aromatic heterocycles. The van der Waals surface area contributed by atoms with E-state index in [4.69, 9.17) is 4.74 Å². The summed E-state index contributed by atoms with van der Waals surface area (Å²) in [5.41, 5.74) is -0.335. The minimum atomic E-state index is -1.21. The number of ether oxygens (including phenoxy) is 1. The van der Waals surface area contributed by atoms with Gasteiger partial charge in [0, 0.05) is 6.54 Å². The van der Waals surface area contributed by atoms with E-state index in [-0.39, 0.29) is 6.61 Å². The lowest BCUT2D eigenvalue weighted by Gasteiger charge is -2.38. The summed E-state index contributed by atoms with van der Waals surface area (Å²) in [5, 5.41) is 9.51. The van der Waals surface area contributed by atoms with Gasteiger partial charge < -0.3 is 9.84 Å². The van der Waals surface area contributed by atoms with Gasteiger partial charge in [0.2, 0.25) is 0 Å². The van der Waals surface area contributed by atoms with Crippen LogP contribution in [0.5, 0.6) is 0 Å². The molecule has 5 heteroatoms. The second-order valence-electron chi connectivity index (χ2n) is 4.83. The fourth-order valence-corrected chi connectivity index (χ4v) is 2.45. The molecule has 0 saturated heterocycles. The molecule has 0 radical (unpaired) electrons. The fourth-order valence-electron chi connectivity index (χ4n) is 2.45. The number of amides is 1. The van der Waals surface area contributed by atoms with Gasteiger partial charge in [-0.15, -0.1) is 0 Å². The van der Waals surface area contributed by atoms with Crippen LogP contribution in [0.1, 0.15) is 39.2 Å². The molecule has 1 aromatic carbocycles. The van der Waals surface area contributed by atoms with E-state index in [9.17, 15) is 14.7 Å². The topological polar surface area (TPSA) is 66.8 Å². The van der Waals surface area contributed by atoms with Crippen molar-refractivity contribution in [2.24, 2.45) is 0 Å². The molecular formula is C16H23NO4. The molecule has 5 nitrogen and oxygen atoms in total. The van der Waals surface area contributed by atoms with Crippen LogP contribution in [-0.2, 0) is 16.1 Å². The zero-order valence-corrected chi connectivity index (χ0v) is 12.8. The van der Waals surface area contributed by atoms with Crippen molar-refractivity contribution in [1.82, 2.24) is 4.90 Å². The average molecular weight is 293 g/mol. The Balaban J connectivity index is 2.83. The van der Waals surface area contributed by atoms with E-state index in [1.807, 2.05) is 30.3 Å². The molecular weight excluding hydrogens is 270 g/mol. The molecule has 21 heavy (non-hydrogen) atoms. The van der Waals surface area contributed by atoms with Crippen LogP contribution in [0.15, 0.2) is 30.3 Å². The molecule has 0 bridgehead atoms. The van der Waals surface area contributed by atoms with Crippen LogP contribution in [-0.4, -0.2) is 34.2 Å². The number of hydrogen-bond acceptors (Lipinski definition) is 3. The van der Waals surface area contributed by atoms with Gasteiger partial charge in [-0.05, 0) is 25.3 Å². The quantitative estimate of drug-likeness (QED) is 0.837. The van der Waals surface area contributed by atoms with E-state index in [0.29, 0.717) is 19.4 Å². The van der Waals surface area contributed by atoms with E-state index in [1.54, 1.807) is 20.8 Å². The SMILES string of the molecule is CCN(C(=O)OCc1ccccc1)C(CC)(CC)C(=O)O. The number of carbonyl (C=O) groups excluding carboxylic acids is 1. The molecule has 0 unspecified atom stereocenters. The molecule has 1 amide bonds. The van der Waals surface area contributed by atoms with Gasteiger partial charge in [-0.25, -0.2) is 9.59 Å². The number of aliphatic carboxylic acids is 1. The van der Waals surface area contributed by atoms with Gasteiger partial charge in [-0.2, -0.15) is 0 Å². The minimum absolute atomic E-state index is 0.138. The highest BCUT2D eigenvalue weighted by Gasteiger charge is 2.43. The van der Waals surface area contributed by atoms with Crippen molar-refractivity contribution in [1.29, 1.82) is 0 Å². The minimum Gasteiger partial charge on any atom is -0.479 e. The molecule has 0 atom stereocenters. The van der Waals surface area contributed by atoms with Gasteiger partial charge in [0.1, 0.15) is 12.1 Å². The van der Waals surface area contributed by atoms with Gasteiger partial charge in [0.25, 0.3) is 0 Å². The van der Waals surface area contributed by atoms with Gasteiger partial charge in [0.15, 0.2) is 0 Å². The number of carboxylic acids is 1. The number of hydrogen-bond donors (Lipinski definition) is 1. The van der Waals surface area contributed by atoms with Crippen molar-refractivity contribution in [3.05, 3.63) is 35.9 Å². The Morgan fingerprint density at radius 3 is 2.14 bits per heavy atom. The summed E-state index contributed by atoms with van der Waals surface area (Å²) in [6.45, 7) is 5.73. The third-order valence-electron chi connectivity index (χ3n) is 3.83. The molecule has 116 valence electrons. The van der Waals surface area contributed by atoms with Crippen molar-refractivity contribution >= 4 is 12.1 Å². The molecule has 0 heterocycles. The first-order chi connectivity index (χ1) is 10.0. The number of rotatable bonds is 7. The third kappa shape index (κ3) is 3.74. The summed E-state index contributed by atoms with van der Waals surface area (Å²) in [5.74, 6) is -0.994.